The monoisotopic (exact) mass is 584 g/mol. The number of benzene rings is 3. The molecule has 6 rings (SSSR count). The number of aromatic nitrogens is 2. The van der Waals surface area contributed by atoms with Gasteiger partial charge in [0.05, 0.1) is 29.6 Å². The van der Waals surface area contributed by atoms with E-state index in [0.717, 1.165) is 43.2 Å². The maximum atomic E-state index is 14.7. The van der Waals surface area contributed by atoms with E-state index < -0.39 is 0 Å². The Morgan fingerprint density at radius 3 is 2.49 bits per heavy atom. The average Bonchev–Trinajstić information content (AvgIpc) is 2.96. The molecule has 1 spiro atoms. The summed E-state index contributed by atoms with van der Waals surface area (Å²) in [7, 11) is 1.58. The zero-order chi connectivity index (χ0) is 27.0. The fourth-order valence-electron chi connectivity index (χ4n) is 6.15. The van der Waals surface area contributed by atoms with Crippen LogP contribution in [0.5, 0.6) is 5.75 Å². The molecule has 8 heteroatoms. The number of fused-ring (bicyclic) bond motifs is 4. The van der Waals surface area contributed by atoms with Gasteiger partial charge in [-0.1, -0.05) is 67.8 Å². The van der Waals surface area contributed by atoms with Crippen molar-refractivity contribution in [1.82, 2.24) is 15.0 Å². The molecule has 2 aliphatic carbocycles. The highest BCUT2D eigenvalue weighted by Gasteiger charge is 2.43. The van der Waals surface area contributed by atoms with E-state index in [2.05, 4.69) is 32.8 Å². The number of hydrazine groups is 1. The second-order valence-corrected chi connectivity index (χ2v) is 11.1. The number of nitrogens with one attached hydrogen (secondary N) is 2. The van der Waals surface area contributed by atoms with Crippen LogP contribution < -0.4 is 21.1 Å². The van der Waals surface area contributed by atoms with Crippen LogP contribution in [0, 0.1) is 0 Å². The molecule has 1 heterocycles. The third-order valence-corrected chi connectivity index (χ3v) is 8.65. The number of hydrogen-bond acceptors (Lipinski definition) is 5. The molecule has 4 aromatic rings. The first-order valence-electron chi connectivity index (χ1n) is 13.2. The van der Waals surface area contributed by atoms with E-state index in [4.69, 9.17) is 9.72 Å². The van der Waals surface area contributed by atoms with Crippen LogP contribution in [-0.2, 0) is 11.8 Å². The van der Waals surface area contributed by atoms with Crippen LogP contribution in [-0.4, -0.2) is 22.6 Å². The van der Waals surface area contributed by atoms with Crippen molar-refractivity contribution < 1.29 is 9.53 Å². The molecule has 0 unspecified atom stereocenters. The topological polar surface area (TPSA) is 85.2 Å². The van der Waals surface area contributed by atoms with Gasteiger partial charge in [-0.25, -0.2) is 9.55 Å². The first kappa shape index (κ1) is 25.4. The molecule has 0 saturated heterocycles. The number of halogens is 1. The minimum Gasteiger partial charge on any atom is -0.495 e. The Bertz CT molecular complexity index is 1620. The number of rotatable bonds is 5. The van der Waals surface area contributed by atoms with Crippen LogP contribution in [0.4, 0.5) is 5.95 Å². The van der Waals surface area contributed by atoms with Crippen molar-refractivity contribution in [2.24, 2.45) is 0 Å². The average molecular weight is 586 g/mol. The lowest BCUT2D eigenvalue weighted by Crippen LogP contribution is -2.44. The molecule has 198 valence electrons. The lowest BCUT2D eigenvalue weighted by Gasteiger charge is -2.42. The quantitative estimate of drug-likeness (QED) is 0.273. The molecule has 2 N–H and O–H groups in total. The van der Waals surface area contributed by atoms with Crippen LogP contribution in [0.1, 0.15) is 53.6 Å². The largest absolute Gasteiger partial charge is 0.495 e. The van der Waals surface area contributed by atoms with Gasteiger partial charge < -0.3 is 4.74 Å². The summed E-state index contributed by atoms with van der Waals surface area (Å²) in [6.45, 7) is 0. The van der Waals surface area contributed by atoms with E-state index in [1.807, 2.05) is 48.5 Å². The SMILES string of the molecule is COc1ccccc1-n1c(NNC(=O)c2ccccc2Br)nc2c(c1=O)C1(CCCCC1)Cc1ccccc1-2. The van der Waals surface area contributed by atoms with E-state index in [1.54, 1.807) is 29.9 Å². The number of carbonyl (C=O) groups excluding carboxylic acids is 1. The van der Waals surface area contributed by atoms with Gasteiger partial charge in [-0.3, -0.25) is 20.4 Å². The first-order valence-corrected chi connectivity index (χ1v) is 14.0. The van der Waals surface area contributed by atoms with Crippen LogP contribution in [0.25, 0.3) is 16.9 Å². The number of amides is 1. The van der Waals surface area contributed by atoms with E-state index in [1.165, 1.54) is 12.0 Å². The summed E-state index contributed by atoms with van der Waals surface area (Å²) in [5.74, 6) is 0.395. The predicted octanol–water partition coefficient (Wildman–Crippen LogP) is 6.19. The summed E-state index contributed by atoms with van der Waals surface area (Å²) in [6, 6.07) is 22.7. The molecule has 0 atom stereocenters. The van der Waals surface area contributed by atoms with Gasteiger partial charge in [0.15, 0.2) is 0 Å². The number of carbonyl (C=O) groups is 1. The van der Waals surface area contributed by atoms with Gasteiger partial charge in [-0.15, -0.1) is 0 Å². The van der Waals surface area contributed by atoms with E-state index >= 15 is 0 Å². The fraction of sp³-hybridized carbons (Fsp3) is 0.258. The molecule has 1 amide bonds. The Kier molecular flexibility index (Phi) is 6.73. The molecule has 3 aromatic carbocycles. The van der Waals surface area contributed by atoms with Gasteiger partial charge in [0, 0.05) is 15.5 Å². The molecule has 0 radical (unpaired) electrons. The second kappa shape index (κ2) is 10.3. The number of ether oxygens (including phenoxy) is 1. The molecule has 2 aliphatic rings. The normalized spacial score (nSPS) is 15.2. The third kappa shape index (κ3) is 4.42. The predicted molar refractivity (Wildman–Crippen MR) is 156 cm³/mol. The number of para-hydroxylation sites is 2. The highest BCUT2D eigenvalue weighted by atomic mass is 79.9. The zero-order valence-electron chi connectivity index (χ0n) is 21.7. The second-order valence-electron chi connectivity index (χ2n) is 10.2. The van der Waals surface area contributed by atoms with Crippen molar-refractivity contribution in [3.8, 4) is 22.7 Å². The van der Waals surface area contributed by atoms with Gasteiger partial charge in [-0.05, 0) is 65.0 Å². The van der Waals surface area contributed by atoms with Crippen molar-refractivity contribution in [1.29, 1.82) is 0 Å². The number of nitrogens with zero attached hydrogens (tertiary/aromatic N) is 2. The standard InChI is InChI=1S/C31H29BrN4O3/c1-39-25-16-8-7-15-24(25)36-29(38)26-27(33-30(36)35-34-28(37)22-13-5-6-14-23(22)32)21-12-4-3-11-20(21)19-31(26)17-9-2-10-18-31/h3-8,11-16H,2,9-10,17-19H2,1H3,(H,33,35)(H,34,37). The summed E-state index contributed by atoms with van der Waals surface area (Å²) < 4.78 is 7.86. The first-order chi connectivity index (χ1) is 19.0. The number of hydrogen-bond donors (Lipinski definition) is 2. The Labute approximate surface area is 235 Å². The minimum absolute atomic E-state index is 0.140. The smallest absolute Gasteiger partial charge is 0.270 e. The Hall–Kier alpha value is -3.91. The number of anilines is 1. The van der Waals surface area contributed by atoms with Crippen LogP contribution >= 0.6 is 15.9 Å². The molecule has 1 fully saturated rings. The lowest BCUT2D eigenvalue weighted by atomic mass is 9.62. The molecule has 7 nitrogen and oxygen atoms in total. The van der Waals surface area contributed by atoms with Crippen molar-refractivity contribution >= 4 is 27.8 Å². The summed E-state index contributed by atoms with van der Waals surface area (Å²) in [6.07, 6.45) is 6.05. The maximum absolute atomic E-state index is 14.7. The summed E-state index contributed by atoms with van der Waals surface area (Å²) >= 11 is 3.44. The van der Waals surface area contributed by atoms with Gasteiger partial charge in [-0.2, -0.15) is 0 Å². The fourth-order valence-corrected chi connectivity index (χ4v) is 6.62. The van der Waals surface area contributed by atoms with Crippen LogP contribution in [0.15, 0.2) is 82.1 Å². The molecule has 39 heavy (non-hydrogen) atoms. The van der Waals surface area contributed by atoms with E-state index in [0.29, 0.717) is 27.2 Å². The van der Waals surface area contributed by atoms with Crippen molar-refractivity contribution in [3.05, 3.63) is 104 Å². The van der Waals surface area contributed by atoms with Crippen molar-refractivity contribution in [2.75, 3.05) is 12.5 Å². The van der Waals surface area contributed by atoms with Crippen molar-refractivity contribution in [2.45, 2.75) is 43.9 Å². The van der Waals surface area contributed by atoms with Crippen LogP contribution in [0.2, 0.25) is 0 Å². The highest BCUT2D eigenvalue weighted by molar-refractivity contribution is 9.10. The zero-order valence-corrected chi connectivity index (χ0v) is 23.3. The highest BCUT2D eigenvalue weighted by Crippen LogP contribution is 2.49. The van der Waals surface area contributed by atoms with Gasteiger partial charge in [0.1, 0.15) is 5.75 Å². The summed E-state index contributed by atoms with van der Waals surface area (Å²) in [4.78, 5) is 32.8. The molecule has 1 aromatic heterocycles. The number of methoxy groups -OCH3 is 1. The molecule has 0 bridgehead atoms. The van der Waals surface area contributed by atoms with Gasteiger partial charge in [0.2, 0.25) is 5.95 Å². The lowest BCUT2D eigenvalue weighted by molar-refractivity contribution is 0.0961. The summed E-state index contributed by atoms with van der Waals surface area (Å²) in [5, 5.41) is 0. The Morgan fingerprint density at radius 2 is 1.69 bits per heavy atom. The molecular formula is C31H29BrN4O3. The van der Waals surface area contributed by atoms with Crippen molar-refractivity contribution in [3.63, 3.8) is 0 Å². The minimum atomic E-state index is -0.356. The molecule has 1 saturated carbocycles. The maximum Gasteiger partial charge on any atom is 0.270 e. The third-order valence-electron chi connectivity index (χ3n) is 7.96. The Balaban J connectivity index is 1.56. The van der Waals surface area contributed by atoms with Crippen LogP contribution in [0.3, 0.4) is 0 Å². The van der Waals surface area contributed by atoms with E-state index in [-0.39, 0.29) is 22.8 Å². The van der Waals surface area contributed by atoms with E-state index in [9.17, 15) is 9.59 Å². The Morgan fingerprint density at radius 1 is 0.974 bits per heavy atom. The molecular weight excluding hydrogens is 556 g/mol. The molecule has 0 aliphatic heterocycles. The summed E-state index contributed by atoms with van der Waals surface area (Å²) in [5.41, 5.74) is 9.95. The van der Waals surface area contributed by atoms with Gasteiger partial charge in [0.25, 0.3) is 11.5 Å². The van der Waals surface area contributed by atoms with Gasteiger partial charge >= 0.3 is 0 Å².